The third kappa shape index (κ3) is 7.79. The maximum atomic E-state index is 12.7. The first-order valence-corrected chi connectivity index (χ1v) is 13.5. The number of nitrogens with one attached hydrogen (secondary N) is 2. The number of para-hydroxylation sites is 1. The van der Waals surface area contributed by atoms with E-state index in [4.69, 9.17) is 4.42 Å². The van der Waals surface area contributed by atoms with E-state index in [-0.39, 0.29) is 5.91 Å². The second-order valence-corrected chi connectivity index (χ2v) is 10.3. The van der Waals surface area contributed by atoms with Crippen molar-refractivity contribution in [3.8, 4) is 6.07 Å². The zero-order chi connectivity index (χ0) is 26.0. The van der Waals surface area contributed by atoms with Crippen LogP contribution in [0.4, 0.5) is 5.82 Å². The van der Waals surface area contributed by atoms with E-state index >= 15 is 0 Å². The highest BCUT2D eigenvalue weighted by Crippen LogP contribution is 2.24. The fraction of sp³-hybridized carbons (Fsp3) is 0.643. The van der Waals surface area contributed by atoms with Crippen LogP contribution in [0.5, 0.6) is 0 Å². The summed E-state index contributed by atoms with van der Waals surface area (Å²) in [5.41, 5.74) is -0.461. The van der Waals surface area contributed by atoms with Gasteiger partial charge in [0.25, 0.3) is 0 Å². The van der Waals surface area contributed by atoms with Gasteiger partial charge in [0.05, 0.1) is 11.5 Å². The van der Waals surface area contributed by atoms with Crippen LogP contribution in [0.1, 0.15) is 78.6 Å². The number of carbonyl (C=O) groups is 1. The number of likely N-dealkylation sites (tertiary alicyclic amines) is 1. The molecule has 1 aliphatic heterocycles. The van der Waals surface area contributed by atoms with E-state index in [0.717, 1.165) is 32.0 Å². The topological polar surface area (TPSA) is 111 Å². The molecule has 1 saturated carbocycles. The van der Waals surface area contributed by atoms with E-state index in [9.17, 15) is 14.9 Å². The van der Waals surface area contributed by atoms with Gasteiger partial charge in [0.2, 0.25) is 5.91 Å². The standard InChI is InChI=1S/C20H25N5O3.C8H16/c1-3-10-25-11-8-20(13-21,9-12-25)24-18(26)14(2)22-17-15-6-4-5-7-16(15)28-19(27)23-17;1-8-6-4-2-3-5-7-8/h4-7,14H,3,8-12H2,1-2H3,(H,24,26)(H,22,23,27);8H,2-7H2,1H3. The van der Waals surface area contributed by atoms with Crippen molar-refractivity contribution in [2.45, 2.75) is 90.1 Å². The first-order chi connectivity index (χ1) is 17.4. The van der Waals surface area contributed by atoms with E-state index < -0.39 is 17.3 Å². The van der Waals surface area contributed by atoms with Gasteiger partial charge in [0, 0.05) is 13.1 Å². The van der Waals surface area contributed by atoms with Gasteiger partial charge in [-0.15, -0.1) is 0 Å². The molecule has 196 valence electrons. The summed E-state index contributed by atoms with van der Waals surface area (Å²) in [6.07, 6.45) is 11.2. The zero-order valence-electron chi connectivity index (χ0n) is 22.0. The summed E-state index contributed by atoms with van der Waals surface area (Å²) >= 11 is 0. The van der Waals surface area contributed by atoms with E-state index in [1.165, 1.54) is 38.5 Å². The van der Waals surface area contributed by atoms with Gasteiger partial charge in [-0.1, -0.05) is 64.5 Å². The number of piperidine rings is 1. The van der Waals surface area contributed by atoms with E-state index in [1.54, 1.807) is 31.2 Å². The number of nitriles is 1. The predicted molar refractivity (Wildman–Crippen MR) is 143 cm³/mol. The molecule has 1 saturated heterocycles. The molecule has 1 amide bonds. The lowest BCUT2D eigenvalue weighted by atomic mass is 9.88. The smallest absolute Gasteiger partial charge is 0.408 e. The molecule has 8 nitrogen and oxygen atoms in total. The van der Waals surface area contributed by atoms with Crippen molar-refractivity contribution in [1.29, 1.82) is 5.26 Å². The van der Waals surface area contributed by atoms with Crippen LogP contribution in [0.25, 0.3) is 11.0 Å². The van der Waals surface area contributed by atoms with Crippen LogP contribution in [0, 0.1) is 17.2 Å². The average molecular weight is 496 g/mol. The zero-order valence-corrected chi connectivity index (χ0v) is 22.0. The summed E-state index contributed by atoms with van der Waals surface area (Å²) in [6.45, 7) is 8.76. The quantitative estimate of drug-likeness (QED) is 0.551. The number of hydrogen-bond donors (Lipinski definition) is 2. The number of amides is 1. The van der Waals surface area contributed by atoms with Crippen LogP contribution >= 0.6 is 0 Å². The van der Waals surface area contributed by atoms with Crippen LogP contribution in [-0.4, -0.2) is 47.0 Å². The molecule has 4 rings (SSSR count). The molecule has 2 aromatic rings. The molecule has 2 heterocycles. The van der Waals surface area contributed by atoms with Gasteiger partial charge < -0.3 is 20.0 Å². The van der Waals surface area contributed by atoms with Crippen LogP contribution < -0.4 is 16.4 Å². The van der Waals surface area contributed by atoms with Gasteiger partial charge in [0.15, 0.2) is 0 Å². The van der Waals surface area contributed by atoms with Crippen LogP contribution in [0.3, 0.4) is 0 Å². The first kappa shape index (κ1) is 27.7. The normalized spacial score (nSPS) is 19.3. The van der Waals surface area contributed by atoms with Gasteiger partial charge in [0.1, 0.15) is 23.0 Å². The Labute approximate surface area is 214 Å². The molecule has 1 aromatic carbocycles. The maximum absolute atomic E-state index is 12.7. The van der Waals surface area contributed by atoms with Gasteiger partial charge in [-0.3, -0.25) is 4.79 Å². The van der Waals surface area contributed by atoms with Crippen molar-refractivity contribution in [2.24, 2.45) is 5.92 Å². The Bertz CT molecular complexity index is 1080. The fourth-order valence-electron chi connectivity index (χ4n) is 4.97. The first-order valence-electron chi connectivity index (χ1n) is 13.5. The number of hydrogen-bond acceptors (Lipinski definition) is 7. The Morgan fingerprint density at radius 3 is 2.53 bits per heavy atom. The number of anilines is 1. The van der Waals surface area contributed by atoms with Gasteiger partial charge >= 0.3 is 5.76 Å². The highest BCUT2D eigenvalue weighted by atomic mass is 16.4. The SMILES string of the molecule is CC1CCCCCC1.CCCN1CCC(C#N)(NC(=O)C(C)Nc2nc(=O)oc3ccccc23)CC1. The number of aromatic nitrogens is 1. The summed E-state index contributed by atoms with van der Waals surface area (Å²) in [7, 11) is 0. The van der Waals surface area contributed by atoms with Crippen molar-refractivity contribution < 1.29 is 9.21 Å². The Morgan fingerprint density at radius 2 is 1.89 bits per heavy atom. The lowest BCUT2D eigenvalue weighted by Crippen LogP contribution is -2.57. The summed E-state index contributed by atoms with van der Waals surface area (Å²) < 4.78 is 5.07. The van der Waals surface area contributed by atoms with Crippen molar-refractivity contribution in [1.82, 2.24) is 15.2 Å². The Hall–Kier alpha value is -2.92. The second-order valence-electron chi connectivity index (χ2n) is 10.3. The molecule has 2 N–H and O–H groups in total. The number of nitrogens with zero attached hydrogens (tertiary/aromatic N) is 3. The second kappa shape index (κ2) is 13.4. The highest BCUT2D eigenvalue weighted by Gasteiger charge is 2.37. The monoisotopic (exact) mass is 495 g/mol. The highest BCUT2D eigenvalue weighted by molar-refractivity contribution is 5.91. The van der Waals surface area contributed by atoms with E-state index in [2.05, 4.69) is 40.4 Å². The third-order valence-corrected chi connectivity index (χ3v) is 7.26. The molecule has 1 unspecified atom stereocenters. The Kier molecular flexibility index (Phi) is 10.3. The minimum Gasteiger partial charge on any atom is -0.408 e. The van der Waals surface area contributed by atoms with Gasteiger partial charge in [-0.05, 0) is 50.8 Å². The van der Waals surface area contributed by atoms with Gasteiger partial charge in [-0.25, -0.2) is 4.79 Å². The molecule has 1 aromatic heterocycles. The summed E-state index contributed by atoms with van der Waals surface area (Å²) in [4.78, 5) is 30.6. The molecular weight excluding hydrogens is 454 g/mol. The number of rotatable bonds is 6. The largest absolute Gasteiger partial charge is 0.441 e. The van der Waals surface area contributed by atoms with E-state index in [1.807, 2.05) is 0 Å². The molecule has 8 heteroatoms. The van der Waals surface area contributed by atoms with Crippen molar-refractivity contribution in [3.63, 3.8) is 0 Å². The predicted octanol–water partition coefficient (Wildman–Crippen LogP) is 4.85. The minimum atomic E-state index is -0.859. The molecule has 0 radical (unpaired) electrons. The molecule has 2 aliphatic rings. The van der Waals surface area contributed by atoms with Gasteiger partial charge in [-0.2, -0.15) is 10.2 Å². The van der Waals surface area contributed by atoms with Crippen LogP contribution in [0.2, 0.25) is 0 Å². The third-order valence-electron chi connectivity index (χ3n) is 7.26. The minimum absolute atomic E-state index is 0.290. The Balaban J connectivity index is 0.000000383. The molecule has 2 fully saturated rings. The Morgan fingerprint density at radius 1 is 1.22 bits per heavy atom. The average Bonchev–Trinajstić information content (AvgIpc) is 3.13. The molecule has 36 heavy (non-hydrogen) atoms. The van der Waals surface area contributed by atoms with E-state index in [0.29, 0.717) is 29.6 Å². The molecule has 0 bridgehead atoms. The fourth-order valence-corrected chi connectivity index (χ4v) is 4.97. The number of fused-ring (bicyclic) bond motifs is 1. The maximum Gasteiger partial charge on any atom is 0.441 e. The molecule has 0 spiro atoms. The van der Waals surface area contributed by atoms with Crippen LogP contribution in [-0.2, 0) is 4.79 Å². The van der Waals surface area contributed by atoms with Crippen molar-refractivity contribution in [3.05, 3.63) is 34.8 Å². The van der Waals surface area contributed by atoms with Crippen LogP contribution in [0.15, 0.2) is 33.5 Å². The molecule has 1 atom stereocenters. The van der Waals surface area contributed by atoms with Crippen molar-refractivity contribution in [2.75, 3.05) is 25.0 Å². The lowest BCUT2D eigenvalue weighted by Gasteiger charge is -2.38. The van der Waals surface area contributed by atoms with Crippen molar-refractivity contribution >= 4 is 22.7 Å². The lowest BCUT2D eigenvalue weighted by molar-refractivity contribution is -0.123. The molecule has 1 aliphatic carbocycles. The summed E-state index contributed by atoms with van der Waals surface area (Å²) in [6, 6.07) is 8.62. The number of carbonyl (C=O) groups excluding carboxylic acids is 1. The molecular formula is C28H41N5O3. The number of benzene rings is 1. The summed E-state index contributed by atoms with van der Waals surface area (Å²) in [5, 5.41) is 16.2. The summed E-state index contributed by atoms with van der Waals surface area (Å²) in [5.74, 6) is 0.283.